The minimum absolute atomic E-state index is 0.190. The lowest BCUT2D eigenvalue weighted by Crippen LogP contribution is -2.12. The summed E-state index contributed by atoms with van der Waals surface area (Å²) in [5.74, 6) is -0.190. The maximum Gasteiger partial charge on any atom is 0.184 e. The Balaban J connectivity index is 2.50. The molecule has 0 amide bonds. The maximum absolute atomic E-state index is 12.6. The second-order valence-corrected chi connectivity index (χ2v) is 7.28. The van der Waals surface area contributed by atoms with Crippen molar-refractivity contribution in [2.45, 2.75) is 38.0 Å². The molecule has 0 fully saturated rings. The number of hydrogen-bond acceptors (Lipinski definition) is 4. The van der Waals surface area contributed by atoms with Crippen molar-refractivity contribution in [3.05, 3.63) is 40.2 Å². The Kier molecular flexibility index (Phi) is 4.30. The monoisotopic (exact) mass is 327 g/mol. The molecule has 114 valence electrons. The Labute approximate surface area is 129 Å². The summed E-state index contributed by atoms with van der Waals surface area (Å²) in [6, 6.07) is 4.87. The van der Waals surface area contributed by atoms with Crippen LogP contribution in [0.3, 0.4) is 0 Å². The van der Waals surface area contributed by atoms with Crippen molar-refractivity contribution in [1.29, 1.82) is 0 Å². The Morgan fingerprint density at radius 1 is 1.33 bits per heavy atom. The summed E-state index contributed by atoms with van der Waals surface area (Å²) in [5, 5.41) is 4.65. The first-order valence-electron chi connectivity index (χ1n) is 6.57. The van der Waals surface area contributed by atoms with E-state index in [1.807, 2.05) is 6.92 Å². The number of anilines is 1. The van der Waals surface area contributed by atoms with Crippen LogP contribution in [0.15, 0.2) is 23.1 Å². The number of benzene rings is 1. The molecule has 21 heavy (non-hydrogen) atoms. The van der Waals surface area contributed by atoms with E-state index in [2.05, 4.69) is 5.10 Å². The van der Waals surface area contributed by atoms with Crippen LogP contribution in [0.25, 0.3) is 0 Å². The van der Waals surface area contributed by atoms with Gasteiger partial charge >= 0.3 is 0 Å². The lowest BCUT2D eigenvalue weighted by atomic mass is 10.2. The van der Waals surface area contributed by atoms with Gasteiger partial charge in [0.25, 0.3) is 0 Å². The number of hydrogen-bond donors (Lipinski definition) is 1. The molecule has 1 heterocycles. The Morgan fingerprint density at radius 2 is 2.00 bits per heavy atom. The van der Waals surface area contributed by atoms with Crippen LogP contribution in [0, 0.1) is 13.8 Å². The summed E-state index contributed by atoms with van der Waals surface area (Å²) in [5.41, 5.74) is 7.93. The largest absolute Gasteiger partial charge is 0.399 e. The number of nitrogens with zero attached hydrogens (tertiary/aromatic N) is 2. The van der Waals surface area contributed by atoms with Gasteiger partial charge in [0, 0.05) is 12.2 Å². The number of aromatic nitrogens is 2. The number of nitrogen functional groups attached to an aromatic ring is 1. The van der Waals surface area contributed by atoms with Gasteiger partial charge in [0.1, 0.15) is 0 Å². The molecule has 2 rings (SSSR count). The lowest BCUT2D eigenvalue weighted by molar-refractivity contribution is 0.585. The first kappa shape index (κ1) is 15.9. The number of halogens is 1. The van der Waals surface area contributed by atoms with Crippen LogP contribution in [0.1, 0.15) is 23.9 Å². The molecule has 1 aromatic carbocycles. The lowest BCUT2D eigenvalue weighted by Gasteiger charge is -2.10. The molecule has 7 heteroatoms. The normalized spacial score (nSPS) is 11.8. The Hall–Kier alpha value is -1.53. The van der Waals surface area contributed by atoms with Gasteiger partial charge in [-0.3, -0.25) is 4.68 Å². The maximum atomic E-state index is 12.6. The highest BCUT2D eigenvalue weighted by atomic mass is 35.5. The molecule has 0 aliphatic carbocycles. The average molecular weight is 328 g/mol. The second kappa shape index (κ2) is 5.69. The SMILES string of the molecule is CCn1nc(C)c(Cl)c1CS(=O)(=O)c1cc(N)ccc1C. The molecule has 5 nitrogen and oxygen atoms in total. The van der Waals surface area contributed by atoms with E-state index in [9.17, 15) is 8.42 Å². The topological polar surface area (TPSA) is 78.0 Å². The third-order valence-electron chi connectivity index (χ3n) is 3.33. The standard InChI is InChI=1S/C14H18ClN3O2S/c1-4-18-12(14(15)10(3)17-18)8-21(19,20)13-7-11(16)6-5-9(13)2/h5-7H,4,8,16H2,1-3H3. The third-order valence-corrected chi connectivity index (χ3v) is 5.58. The van der Waals surface area contributed by atoms with Crippen LogP contribution in [-0.4, -0.2) is 18.2 Å². The van der Waals surface area contributed by atoms with Crippen molar-refractivity contribution < 1.29 is 8.42 Å². The van der Waals surface area contributed by atoms with Crippen molar-refractivity contribution in [2.24, 2.45) is 0 Å². The van der Waals surface area contributed by atoms with Gasteiger partial charge in [-0.1, -0.05) is 17.7 Å². The zero-order valence-corrected chi connectivity index (χ0v) is 13.8. The molecule has 0 saturated carbocycles. The van der Waals surface area contributed by atoms with Crippen molar-refractivity contribution in [3.8, 4) is 0 Å². The zero-order valence-electron chi connectivity index (χ0n) is 12.2. The van der Waals surface area contributed by atoms with Gasteiger partial charge in [-0.2, -0.15) is 5.10 Å². The molecule has 0 aliphatic rings. The average Bonchev–Trinajstić information content (AvgIpc) is 2.68. The van der Waals surface area contributed by atoms with Crippen LogP contribution in [0.2, 0.25) is 5.02 Å². The van der Waals surface area contributed by atoms with E-state index in [0.717, 1.165) is 0 Å². The molecule has 2 aromatic rings. The van der Waals surface area contributed by atoms with Crippen molar-refractivity contribution in [3.63, 3.8) is 0 Å². The predicted molar refractivity (Wildman–Crippen MR) is 84.1 cm³/mol. The molecule has 0 saturated heterocycles. The highest BCUT2D eigenvalue weighted by Gasteiger charge is 2.23. The summed E-state index contributed by atoms with van der Waals surface area (Å²) >= 11 is 6.18. The van der Waals surface area contributed by atoms with E-state index < -0.39 is 9.84 Å². The molecule has 2 N–H and O–H groups in total. The highest BCUT2D eigenvalue weighted by Crippen LogP contribution is 2.27. The zero-order chi connectivity index (χ0) is 15.8. The van der Waals surface area contributed by atoms with Crippen LogP contribution in [0.4, 0.5) is 5.69 Å². The van der Waals surface area contributed by atoms with Crippen LogP contribution >= 0.6 is 11.6 Å². The van der Waals surface area contributed by atoms with Gasteiger partial charge in [-0.15, -0.1) is 0 Å². The Morgan fingerprint density at radius 3 is 2.62 bits per heavy atom. The fraction of sp³-hybridized carbons (Fsp3) is 0.357. The van der Waals surface area contributed by atoms with E-state index in [0.29, 0.717) is 34.2 Å². The summed E-state index contributed by atoms with van der Waals surface area (Å²) < 4.78 is 26.9. The van der Waals surface area contributed by atoms with E-state index in [1.165, 1.54) is 6.07 Å². The smallest absolute Gasteiger partial charge is 0.184 e. The molecule has 1 aromatic heterocycles. The van der Waals surface area contributed by atoms with Crippen molar-refractivity contribution in [2.75, 3.05) is 5.73 Å². The van der Waals surface area contributed by atoms with Crippen LogP contribution < -0.4 is 5.73 Å². The number of rotatable bonds is 4. The number of aryl methyl sites for hydroxylation is 3. The highest BCUT2D eigenvalue weighted by molar-refractivity contribution is 7.90. The second-order valence-electron chi connectivity index (χ2n) is 4.95. The molecular weight excluding hydrogens is 310 g/mol. The summed E-state index contributed by atoms with van der Waals surface area (Å²) in [6.07, 6.45) is 0. The van der Waals surface area contributed by atoms with Crippen LogP contribution in [-0.2, 0) is 22.1 Å². The summed E-state index contributed by atoms with van der Waals surface area (Å²) in [4.78, 5) is 0.236. The molecular formula is C14H18ClN3O2S. The molecule has 0 bridgehead atoms. The fourth-order valence-electron chi connectivity index (χ4n) is 2.22. The quantitative estimate of drug-likeness (QED) is 0.876. The molecule has 0 atom stereocenters. The number of nitrogens with two attached hydrogens (primary N) is 1. The van der Waals surface area contributed by atoms with E-state index in [4.69, 9.17) is 17.3 Å². The summed E-state index contributed by atoms with van der Waals surface area (Å²) in [7, 11) is -3.53. The molecule has 0 spiro atoms. The van der Waals surface area contributed by atoms with Crippen molar-refractivity contribution >= 4 is 27.1 Å². The van der Waals surface area contributed by atoms with E-state index in [1.54, 1.807) is 30.7 Å². The van der Waals surface area contributed by atoms with Crippen molar-refractivity contribution in [1.82, 2.24) is 9.78 Å². The van der Waals surface area contributed by atoms with Gasteiger partial charge < -0.3 is 5.73 Å². The minimum atomic E-state index is -3.53. The molecule has 0 aliphatic heterocycles. The molecule has 0 radical (unpaired) electrons. The number of sulfone groups is 1. The van der Waals surface area contributed by atoms with Gasteiger partial charge in [0.15, 0.2) is 9.84 Å². The van der Waals surface area contributed by atoms with Gasteiger partial charge in [-0.05, 0) is 38.5 Å². The first-order chi connectivity index (χ1) is 9.76. The minimum Gasteiger partial charge on any atom is -0.399 e. The summed E-state index contributed by atoms with van der Waals surface area (Å²) in [6.45, 7) is 5.96. The van der Waals surface area contributed by atoms with Crippen LogP contribution in [0.5, 0.6) is 0 Å². The first-order valence-corrected chi connectivity index (χ1v) is 8.60. The third kappa shape index (κ3) is 3.06. The predicted octanol–water partition coefficient (Wildman–Crippen LogP) is 2.73. The van der Waals surface area contributed by atoms with Gasteiger partial charge in [0.2, 0.25) is 0 Å². The van der Waals surface area contributed by atoms with Gasteiger partial charge in [-0.25, -0.2) is 8.42 Å². The van der Waals surface area contributed by atoms with E-state index in [-0.39, 0.29) is 10.6 Å². The van der Waals surface area contributed by atoms with Gasteiger partial charge in [0.05, 0.1) is 27.1 Å². The molecule has 0 unspecified atom stereocenters. The fourth-order valence-corrected chi connectivity index (χ4v) is 4.18. The Bertz CT molecular complexity index is 782. The van der Waals surface area contributed by atoms with E-state index >= 15 is 0 Å².